The predicted molar refractivity (Wildman–Crippen MR) is 223 cm³/mol. The van der Waals surface area contributed by atoms with Gasteiger partial charge in [0.15, 0.2) is 5.82 Å². The number of hydrogen-bond donors (Lipinski definition) is 1. The van der Waals surface area contributed by atoms with E-state index in [9.17, 15) is 27.6 Å². The minimum atomic E-state index is -3.13. The summed E-state index contributed by atoms with van der Waals surface area (Å²) in [6.07, 6.45) is 4.91. The maximum absolute atomic E-state index is 17.4. The van der Waals surface area contributed by atoms with E-state index in [0.717, 1.165) is 60.0 Å². The minimum absolute atomic E-state index is 0.0376. The molecule has 0 aliphatic carbocycles. The van der Waals surface area contributed by atoms with Gasteiger partial charge in [0.05, 0.1) is 26.4 Å². The Bertz CT molecular complexity index is 2780. The Hall–Kier alpha value is -6.05. The Morgan fingerprint density at radius 2 is 1.88 bits per heavy atom. The molecule has 0 bridgehead atoms. The zero-order chi connectivity index (χ0) is 44.9. The second kappa shape index (κ2) is 17.5. The van der Waals surface area contributed by atoms with Crippen molar-refractivity contribution in [1.29, 1.82) is 5.26 Å². The smallest absolute Gasteiger partial charge is 0.335 e. The fourth-order valence-electron chi connectivity index (χ4n) is 9.38. The van der Waals surface area contributed by atoms with Gasteiger partial charge in [-0.15, -0.1) is 21.5 Å². The lowest BCUT2D eigenvalue weighted by Gasteiger charge is -2.34. The van der Waals surface area contributed by atoms with Gasteiger partial charge in [-0.25, -0.2) is 36.9 Å². The number of anilines is 2. The van der Waals surface area contributed by atoms with Gasteiger partial charge in [0, 0.05) is 47.7 Å². The topological polar surface area (TPSA) is 177 Å². The van der Waals surface area contributed by atoms with Crippen molar-refractivity contribution in [1.82, 2.24) is 44.5 Å². The molecule has 64 heavy (non-hydrogen) atoms. The Labute approximate surface area is 369 Å². The molecule has 0 spiro atoms. The molecule has 2 aromatic carbocycles. The van der Waals surface area contributed by atoms with E-state index in [-0.39, 0.29) is 111 Å². The summed E-state index contributed by atoms with van der Waals surface area (Å²) in [5, 5.41) is 17.3. The van der Waals surface area contributed by atoms with Gasteiger partial charge < -0.3 is 20.1 Å². The zero-order valence-electron chi connectivity index (χ0n) is 33.6. The summed E-state index contributed by atoms with van der Waals surface area (Å²) in [6, 6.07) is 3.67. The van der Waals surface area contributed by atoms with E-state index in [2.05, 4.69) is 30.0 Å². The van der Waals surface area contributed by atoms with Gasteiger partial charge in [0.2, 0.25) is 5.88 Å². The van der Waals surface area contributed by atoms with Crippen LogP contribution in [0.15, 0.2) is 43.4 Å². The predicted octanol–water partition coefficient (Wildman–Crippen LogP) is 8.22. The van der Waals surface area contributed by atoms with Gasteiger partial charge in [-0.3, -0.25) is 9.80 Å². The number of nitrogen functional groups attached to an aromatic ring is 1. The number of ether oxygens (including phenoxy) is 2. The number of nitrogens with two attached hydrogens (primary N) is 1. The largest absolute Gasteiger partial charge is 0.476 e. The summed E-state index contributed by atoms with van der Waals surface area (Å²) >= 11 is 7.76. The van der Waals surface area contributed by atoms with Crippen LogP contribution in [-0.4, -0.2) is 108 Å². The lowest BCUT2D eigenvalue weighted by molar-refractivity contribution is -0.0243. The number of halogens is 7. The molecule has 0 saturated carbocycles. The van der Waals surface area contributed by atoms with Crippen LogP contribution in [0.3, 0.4) is 0 Å². The number of rotatable bonds is 11. The molecule has 15 nitrogen and oxygen atoms in total. The molecule has 334 valence electrons. The maximum Gasteiger partial charge on any atom is 0.335 e. The summed E-state index contributed by atoms with van der Waals surface area (Å²) in [6.45, 7) is -1.92. The lowest BCUT2D eigenvalue weighted by Crippen LogP contribution is -2.48. The number of nitrogens with zero attached hydrogens (tertiary/aromatic N) is 11. The molecule has 4 aromatic heterocycles. The number of carbonyl (C=O) groups is 1. The lowest BCUT2D eigenvalue weighted by atomic mass is 9.95. The molecule has 2 N–H and O–H groups in total. The van der Waals surface area contributed by atoms with E-state index < -0.39 is 47.8 Å². The highest BCUT2D eigenvalue weighted by atomic mass is 35.5. The number of alkyl halides is 4. The summed E-state index contributed by atoms with van der Waals surface area (Å²) in [4.78, 5) is 34.6. The first kappa shape index (κ1) is 43.2. The molecule has 3 aliphatic rings. The zero-order valence-corrected chi connectivity index (χ0v) is 35.2. The van der Waals surface area contributed by atoms with Gasteiger partial charge in [0.1, 0.15) is 60.4 Å². The number of hydrogen-bond acceptors (Lipinski definition) is 14. The monoisotopic (exact) mass is 926 g/mol. The SMILES string of the molecule is N#Cc1c(N)sc2c(F)ccc(-c3c(Cl)cc4c(N5CCCC(N(C(=O)n6cnnc6)C(F)F)CC5)nc(OC[C@@]56CCCN5[C@H](COc5ncncc5C(F)F)CC6)nc4c3F)c12. The average molecular weight is 927 g/mol. The van der Waals surface area contributed by atoms with Crippen LogP contribution >= 0.6 is 22.9 Å². The first-order valence-corrected chi connectivity index (χ1v) is 21.5. The van der Waals surface area contributed by atoms with Crippen molar-refractivity contribution in [3.63, 3.8) is 0 Å². The van der Waals surface area contributed by atoms with Crippen LogP contribution in [0.5, 0.6) is 11.9 Å². The maximum atomic E-state index is 17.4. The third-order valence-corrected chi connectivity index (χ3v) is 13.7. The standard InChI is InChI=1S/C41H37ClF6N12O3S/c42-27-13-24-32(31(44)30(27)23-4-5-28(43)33-29(23)25(14-49)35(50)64-33)55-39(56-36(24)57-10-1-3-21(7-12-57)60(38(47)48)40(61)58-19-53-54-20-58)63-17-41-8-2-11-59(41)22(6-9-41)16-62-37-26(34(45)46)15-51-18-52-37/h4-5,13,15,18-22,34,38H,1-3,6-12,16-17,50H2/t21?,22-,41-/m0/s1. The average Bonchev–Trinajstić information content (AvgIpc) is 4.06. The minimum Gasteiger partial charge on any atom is -0.476 e. The van der Waals surface area contributed by atoms with Crippen molar-refractivity contribution in [2.45, 2.75) is 75.5 Å². The molecule has 23 heteroatoms. The molecule has 3 fully saturated rings. The van der Waals surface area contributed by atoms with Gasteiger partial charge in [0.25, 0.3) is 6.43 Å². The Balaban J connectivity index is 1.07. The van der Waals surface area contributed by atoms with Crippen LogP contribution in [-0.2, 0) is 0 Å². The van der Waals surface area contributed by atoms with E-state index in [1.165, 1.54) is 12.1 Å². The molecule has 9 rings (SSSR count). The molecule has 6 aromatic rings. The number of thiophene rings is 1. The molecule has 1 unspecified atom stereocenters. The van der Waals surface area contributed by atoms with Crippen molar-refractivity contribution in [2.24, 2.45) is 0 Å². The van der Waals surface area contributed by atoms with E-state index in [0.29, 0.717) is 30.7 Å². The van der Waals surface area contributed by atoms with Gasteiger partial charge in [-0.1, -0.05) is 17.7 Å². The quantitative estimate of drug-likeness (QED) is 0.0972. The summed E-state index contributed by atoms with van der Waals surface area (Å²) in [5.74, 6) is -1.56. The summed E-state index contributed by atoms with van der Waals surface area (Å²) in [7, 11) is 0. The van der Waals surface area contributed by atoms with Crippen LogP contribution in [0.25, 0.3) is 32.1 Å². The molecule has 3 saturated heterocycles. The summed E-state index contributed by atoms with van der Waals surface area (Å²) < 4.78 is 102. The van der Waals surface area contributed by atoms with Gasteiger partial charge in [-0.2, -0.15) is 24.0 Å². The van der Waals surface area contributed by atoms with Crippen molar-refractivity contribution < 1.29 is 40.6 Å². The van der Waals surface area contributed by atoms with Crippen LogP contribution in [0.1, 0.15) is 62.5 Å². The second-order valence-corrected chi connectivity index (χ2v) is 17.3. The first-order valence-electron chi connectivity index (χ1n) is 20.3. The molecular weight excluding hydrogens is 890 g/mol. The van der Waals surface area contributed by atoms with Gasteiger partial charge in [-0.05, 0) is 69.2 Å². The highest BCUT2D eigenvalue weighted by Crippen LogP contribution is 2.47. The molecule has 7 heterocycles. The normalized spacial score (nSPS) is 20.3. The van der Waals surface area contributed by atoms with Crippen molar-refractivity contribution in [3.05, 3.63) is 71.2 Å². The van der Waals surface area contributed by atoms with Crippen LogP contribution in [0.4, 0.5) is 42.0 Å². The van der Waals surface area contributed by atoms with E-state index in [1.54, 1.807) is 4.90 Å². The molecule has 3 aliphatic heterocycles. The molecule has 3 atom stereocenters. The van der Waals surface area contributed by atoms with Crippen LogP contribution in [0, 0.1) is 23.0 Å². The first-order chi connectivity index (χ1) is 30.9. The van der Waals surface area contributed by atoms with Gasteiger partial charge >= 0.3 is 18.6 Å². The van der Waals surface area contributed by atoms with E-state index >= 15 is 8.78 Å². The Morgan fingerprint density at radius 1 is 1.06 bits per heavy atom. The van der Waals surface area contributed by atoms with Crippen LogP contribution in [0.2, 0.25) is 5.02 Å². The highest BCUT2D eigenvalue weighted by molar-refractivity contribution is 7.23. The fourth-order valence-corrected chi connectivity index (χ4v) is 10.6. The van der Waals surface area contributed by atoms with Crippen LogP contribution < -0.4 is 20.1 Å². The Morgan fingerprint density at radius 3 is 2.64 bits per heavy atom. The van der Waals surface area contributed by atoms with Crippen molar-refractivity contribution in [3.8, 4) is 29.1 Å². The van der Waals surface area contributed by atoms with E-state index in [1.807, 2.05) is 6.07 Å². The van der Waals surface area contributed by atoms with Crippen molar-refractivity contribution >= 4 is 60.8 Å². The molecular formula is C41H37ClF6N12O3S. The van der Waals surface area contributed by atoms with Crippen molar-refractivity contribution in [2.75, 3.05) is 43.5 Å². The number of benzene rings is 2. The third-order valence-electron chi connectivity index (χ3n) is 12.4. The number of aromatic nitrogens is 7. The molecule has 0 radical (unpaired) electrons. The number of amides is 1. The Kier molecular flexibility index (Phi) is 11.8. The fraction of sp³-hybridized carbons (Fsp3) is 0.415. The second-order valence-electron chi connectivity index (χ2n) is 15.8. The summed E-state index contributed by atoms with van der Waals surface area (Å²) in [5.41, 5.74) is 4.87. The number of carbonyl (C=O) groups excluding carboxylic acids is 1. The van der Waals surface area contributed by atoms with E-state index in [4.69, 9.17) is 31.8 Å². The number of fused-ring (bicyclic) bond motifs is 3. The third kappa shape index (κ3) is 7.72. The molecule has 1 amide bonds. The highest BCUT2D eigenvalue weighted by Gasteiger charge is 2.50. The number of nitriles is 1.